The van der Waals surface area contributed by atoms with E-state index in [2.05, 4.69) is 15.9 Å². The molecule has 1 aromatic rings. The fraction of sp³-hybridized carbons (Fsp3) is 0.500. The van der Waals surface area contributed by atoms with Crippen LogP contribution in [0.2, 0.25) is 0 Å². The van der Waals surface area contributed by atoms with E-state index in [0.29, 0.717) is 0 Å². The molecule has 0 spiro atoms. The van der Waals surface area contributed by atoms with Gasteiger partial charge in [-0.2, -0.15) is 0 Å². The fourth-order valence-electron chi connectivity index (χ4n) is 2.24. The predicted molar refractivity (Wildman–Crippen MR) is 84.3 cm³/mol. The lowest BCUT2D eigenvalue weighted by atomic mass is 10.1. The highest BCUT2D eigenvalue weighted by Gasteiger charge is 2.23. The van der Waals surface area contributed by atoms with E-state index >= 15 is 0 Å². The molecule has 19 heavy (non-hydrogen) atoms. The Morgan fingerprint density at radius 2 is 2.05 bits per heavy atom. The maximum atomic E-state index is 12.3. The highest BCUT2D eigenvalue weighted by molar-refractivity contribution is 9.10. The molecule has 0 aromatic heterocycles. The second-order valence-corrected chi connectivity index (χ2v) is 7.13. The van der Waals surface area contributed by atoms with E-state index in [4.69, 9.17) is 5.73 Å². The van der Waals surface area contributed by atoms with Crippen molar-refractivity contribution in [2.45, 2.75) is 36.3 Å². The van der Waals surface area contributed by atoms with Crippen LogP contribution in [0.5, 0.6) is 0 Å². The first-order chi connectivity index (χ1) is 9.08. The molecule has 5 heteroatoms. The number of nitrogen functional groups attached to an aromatic ring is 1. The van der Waals surface area contributed by atoms with Crippen molar-refractivity contribution in [2.75, 3.05) is 18.8 Å². The molecule has 1 saturated heterocycles. The van der Waals surface area contributed by atoms with Crippen LogP contribution in [0.4, 0.5) is 5.69 Å². The first kappa shape index (κ1) is 14.7. The molecule has 3 nitrogen and oxygen atoms in total. The number of nitrogens with zero attached hydrogens (tertiary/aromatic N) is 1. The van der Waals surface area contributed by atoms with Crippen molar-refractivity contribution >= 4 is 39.3 Å². The number of piperidine rings is 1. The predicted octanol–water partition coefficient (Wildman–Crippen LogP) is 3.52. The van der Waals surface area contributed by atoms with Crippen molar-refractivity contribution in [3.63, 3.8) is 0 Å². The summed E-state index contributed by atoms with van der Waals surface area (Å²) in [7, 11) is 0. The maximum absolute atomic E-state index is 12.3. The average molecular weight is 343 g/mol. The van der Waals surface area contributed by atoms with Gasteiger partial charge in [-0.3, -0.25) is 4.79 Å². The number of rotatable bonds is 3. The molecular weight excluding hydrogens is 324 g/mol. The summed E-state index contributed by atoms with van der Waals surface area (Å²) < 4.78 is 0.962. The first-order valence-corrected chi connectivity index (χ1v) is 8.25. The molecule has 2 rings (SSSR count). The van der Waals surface area contributed by atoms with Crippen LogP contribution < -0.4 is 5.73 Å². The minimum absolute atomic E-state index is 0.0819. The van der Waals surface area contributed by atoms with Crippen LogP contribution in [0.25, 0.3) is 0 Å². The lowest BCUT2D eigenvalue weighted by Gasteiger charge is -2.29. The molecule has 1 heterocycles. The SMILES string of the molecule is CC(Sc1ccc(Br)cc1N)C(=O)N1CCCCC1. The Morgan fingerprint density at radius 3 is 2.68 bits per heavy atom. The van der Waals surface area contributed by atoms with Crippen molar-refractivity contribution in [3.8, 4) is 0 Å². The van der Waals surface area contributed by atoms with Gasteiger partial charge in [0.2, 0.25) is 5.91 Å². The quantitative estimate of drug-likeness (QED) is 0.675. The van der Waals surface area contributed by atoms with Gasteiger partial charge in [-0.25, -0.2) is 0 Å². The van der Waals surface area contributed by atoms with Crippen molar-refractivity contribution in [1.82, 2.24) is 4.90 Å². The van der Waals surface area contributed by atoms with E-state index in [1.54, 1.807) is 11.8 Å². The van der Waals surface area contributed by atoms with Gasteiger partial charge in [0.25, 0.3) is 0 Å². The zero-order chi connectivity index (χ0) is 13.8. The molecule has 1 amide bonds. The van der Waals surface area contributed by atoms with E-state index in [1.165, 1.54) is 6.42 Å². The normalized spacial score (nSPS) is 17.3. The molecule has 0 bridgehead atoms. The summed E-state index contributed by atoms with van der Waals surface area (Å²) in [5, 5.41) is -0.0819. The van der Waals surface area contributed by atoms with Crippen molar-refractivity contribution in [2.24, 2.45) is 0 Å². The number of hydrogen-bond acceptors (Lipinski definition) is 3. The average Bonchev–Trinajstić information content (AvgIpc) is 2.42. The molecule has 0 radical (unpaired) electrons. The molecular formula is C14H19BrN2OS. The summed E-state index contributed by atoms with van der Waals surface area (Å²) in [5.74, 6) is 0.229. The van der Waals surface area contributed by atoms with E-state index in [9.17, 15) is 4.79 Å². The molecule has 1 aliphatic rings. The maximum Gasteiger partial charge on any atom is 0.235 e. The Hall–Kier alpha value is -0.680. The van der Waals surface area contributed by atoms with Crippen molar-refractivity contribution < 1.29 is 4.79 Å². The second-order valence-electron chi connectivity index (χ2n) is 4.83. The number of carbonyl (C=O) groups is 1. The number of amides is 1. The van der Waals surface area contributed by atoms with E-state index in [-0.39, 0.29) is 11.2 Å². The number of benzene rings is 1. The molecule has 104 valence electrons. The van der Waals surface area contributed by atoms with Crippen LogP contribution in [-0.2, 0) is 4.79 Å². The smallest absolute Gasteiger partial charge is 0.235 e. The monoisotopic (exact) mass is 342 g/mol. The Kier molecular flexibility index (Phi) is 5.16. The number of likely N-dealkylation sites (tertiary alicyclic amines) is 1. The molecule has 1 atom stereocenters. The Balaban J connectivity index is 1.99. The Morgan fingerprint density at radius 1 is 1.37 bits per heavy atom. The lowest BCUT2D eigenvalue weighted by Crippen LogP contribution is -2.40. The molecule has 1 aliphatic heterocycles. The van der Waals surface area contributed by atoms with Gasteiger partial charge in [0, 0.05) is 28.1 Å². The van der Waals surface area contributed by atoms with Gasteiger partial charge in [-0.15, -0.1) is 11.8 Å². The third-order valence-electron chi connectivity index (χ3n) is 3.29. The van der Waals surface area contributed by atoms with Gasteiger partial charge in [-0.1, -0.05) is 15.9 Å². The molecule has 1 unspecified atom stereocenters. The van der Waals surface area contributed by atoms with E-state index in [1.807, 2.05) is 30.0 Å². The van der Waals surface area contributed by atoms with Gasteiger partial charge in [0.1, 0.15) is 0 Å². The highest BCUT2D eigenvalue weighted by Crippen LogP contribution is 2.31. The third kappa shape index (κ3) is 3.89. The number of nitrogens with two attached hydrogens (primary N) is 1. The molecule has 1 aromatic carbocycles. The van der Waals surface area contributed by atoms with Crippen molar-refractivity contribution in [1.29, 1.82) is 0 Å². The van der Waals surface area contributed by atoms with Crippen molar-refractivity contribution in [3.05, 3.63) is 22.7 Å². The minimum atomic E-state index is -0.0819. The van der Waals surface area contributed by atoms with Gasteiger partial charge < -0.3 is 10.6 Å². The Labute approximate surface area is 127 Å². The zero-order valence-electron chi connectivity index (χ0n) is 11.1. The van der Waals surface area contributed by atoms with Crippen LogP contribution >= 0.6 is 27.7 Å². The van der Waals surface area contributed by atoms with Crippen LogP contribution in [0.1, 0.15) is 26.2 Å². The zero-order valence-corrected chi connectivity index (χ0v) is 13.5. The number of anilines is 1. The Bertz CT molecular complexity index is 461. The summed E-state index contributed by atoms with van der Waals surface area (Å²) in [4.78, 5) is 15.3. The highest BCUT2D eigenvalue weighted by atomic mass is 79.9. The van der Waals surface area contributed by atoms with Crippen LogP contribution in [0, 0.1) is 0 Å². The van der Waals surface area contributed by atoms with Gasteiger partial charge in [0.15, 0.2) is 0 Å². The minimum Gasteiger partial charge on any atom is -0.398 e. The third-order valence-corrected chi connectivity index (χ3v) is 4.97. The molecule has 1 fully saturated rings. The molecule has 2 N–H and O–H groups in total. The van der Waals surface area contributed by atoms with Crippen LogP contribution in [0.15, 0.2) is 27.6 Å². The number of hydrogen-bond donors (Lipinski definition) is 1. The van der Waals surface area contributed by atoms with Crippen LogP contribution in [0.3, 0.4) is 0 Å². The standard InChI is InChI=1S/C14H19BrN2OS/c1-10(14(18)17-7-3-2-4-8-17)19-13-6-5-11(15)9-12(13)16/h5-6,9-10H,2-4,7-8,16H2,1H3. The van der Waals surface area contributed by atoms with E-state index < -0.39 is 0 Å². The second kappa shape index (κ2) is 6.66. The summed E-state index contributed by atoms with van der Waals surface area (Å²) in [6, 6.07) is 5.79. The number of thioether (sulfide) groups is 1. The lowest BCUT2D eigenvalue weighted by molar-refractivity contribution is -0.131. The van der Waals surface area contributed by atoms with Gasteiger partial charge in [0.05, 0.1) is 5.25 Å². The summed E-state index contributed by atoms with van der Waals surface area (Å²) in [6.07, 6.45) is 3.50. The largest absolute Gasteiger partial charge is 0.398 e. The number of carbonyl (C=O) groups excluding carboxylic acids is 1. The summed E-state index contributed by atoms with van der Waals surface area (Å²) in [5.41, 5.74) is 6.69. The fourth-order valence-corrected chi connectivity index (χ4v) is 3.59. The first-order valence-electron chi connectivity index (χ1n) is 6.58. The number of halogens is 1. The summed E-state index contributed by atoms with van der Waals surface area (Å²) >= 11 is 4.93. The van der Waals surface area contributed by atoms with Gasteiger partial charge in [-0.05, 0) is 44.4 Å². The van der Waals surface area contributed by atoms with E-state index in [0.717, 1.165) is 41.0 Å². The molecule has 0 saturated carbocycles. The molecule has 0 aliphatic carbocycles. The summed E-state index contributed by atoms with van der Waals surface area (Å²) in [6.45, 7) is 3.77. The van der Waals surface area contributed by atoms with Crippen LogP contribution in [-0.4, -0.2) is 29.1 Å². The topological polar surface area (TPSA) is 46.3 Å². The van der Waals surface area contributed by atoms with Gasteiger partial charge >= 0.3 is 0 Å².